The zero-order chi connectivity index (χ0) is 13.2. The average molecular weight is 267 g/mol. The molecule has 0 saturated carbocycles. The van der Waals surface area contributed by atoms with Gasteiger partial charge in [0.15, 0.2) is 0 Å². The predicted molar refractivity (Wildman–Crippen MR) is 78.3 cm³/mol. The molecule has 0 bridgehead atoms. The van der Waals surface area contributed by atoms with E-state index in [2.05, 4.69) is 6.92 Å². The lowest BCUT2D eigenvalue weighted by Crippen LogP contribution is -1.91. The van der Waals surface area contributed by atoms with E-state index in [1.807, 2.05) is 24.3 Å². The van der Waals surface area contributed by atoms with E-state index in [0.29, 0.717) is 5.56 Å². The van der Waals surface area contributed by atoms with E-state index < -0.39 is 0 Å². The third-order valence-electron chi connectivity index (χ3n) is 3.25. The molecule has 18 heavy (non-hydrogen) atoms. The first-order valence-corrected chi connectivity index (χ1v) is 7.40. The van der Waals surface area contributed by atoms with Gasteiger partial charge in [0.05, 0.1) is 0 Å². The first-order valence-electron chi connectivity index (χ1n) is 7.03. The Hall–Kier alpha value is -0.820. The highest BCUT2D eigenvalue weighted by atomic mass is 35.5. The van der Waals surface area contributed by atoms with E-state index in [1.165, 1.54) is 50.5 Å². The summed E-state index contributed by atoms with van der Waals surface area (Å²) in [4.78, 5) is 10.9. The molecule has 0 fully saturated rings. The summed E-state index contributed by atoms with van der Waals surface area (Å²) in [6.07, 6.45) is 10.4. The normalized spacial score (nSPS) is 10.6. The Morgan fingerprint density at radius 3 is 2.06 bits per heavy atom. The Balaban J connectivity index is 2.14. The van der Waals surface area contributed by atoms with Crippen LogP contribution >= 0.6 is 11.6 Å². The zero-order valence-electron chi connectivity index (χ0n) is 11.3. The van der Waals surface area contributed by atoms with Crippen LogP contribution in [0.4, 0.5) is 0 Å². The number of hydrogen-bond donors (Lipinski definition) is 0. The lowest BCUT2D eigenvalue weighted by Gasteiger charge is -2.03. The molecule has 0 N–H and O–H groups in total. The Kier molecular flexibility index (Phi) is 7.75. The van der Waals surface area contributed by atoms with E-state index in [-0.39, 0.29) is 5.24 Å². The van der Waals surface area contributed by atoms with Gasteiger partial charge >= 0.3 is 0 Å². The number of hydrogen-bond acceptors (Lipinski definition) is 1. The van der Waals surface area contributed by atoms with Crippen LogP contribution in [0.15, 0.2) is 24.3 Å². The third kappa shape index (κ3) is 6.20. The zero-order valence-corrected chi connectivity index (χ0v) is 12.0. The van der Waals surface area contributed by atoms with Crippen LogP contribution in [0.25, 0.3) is 0 Å². The van der Waals surface area contributed by atoms with Crippen molar-refractivity contribution in [3.8, 4) is 0 Å². The van der Waals surface area contributed by atoms with Crippen molar-refractivity contribution in [3.05, 3.63) is 35.4 Å². The van der Waals surface area contributed by atoms with Gasteiger partial charge < -0.3 is 0 Å². The lowest BCUT2D eigenvalue weighted by atomic mass is 10.0. The number of unbranched alkanes of at least 4 members (excludes halogenated alkanes) is 6. The maximum atomic E-state index is 10.9. The Morgan fingerprint density at radius 1 is 0.944 bits per heavy atom. The minimum absolute atomic E-state index is 0.377. The molecule has 0 spiro atoms. The monoisotopic (exact) mass is 266 g/mol. The highest BCUT2D eigenvalue weighted by Gasteiger charge is 2.00. The Labute approximate surface area is 116 Å². The van der Waals surface area contributed by atoms with Crippen LogP contribution in [-0.2, 0) is 6.42 Å². The quantitative estimate of drug-likeness (QED) is 0.434. The van der Waals surface area contributed by atoms with Gasteiger partial charge in [0.1, 0.15) is 0 Å². The van der Waals surface area contributed by atoms with E-state index >= 15 is 0 Å². The van der Waals surface area contributed by atoms with Crippen molar-refractivity contribution in [1.82, 2.24) is 0 Å². The van der Waals surface area contributed by atoms with Gasteiger partial charge in [-0.1, -0.05) is 57.6 Å². The maximum Gasteiger partial charge on any atom is 0.252 e. The molecule has 0 radical (unpaired) electrons. The number of benzene rings is 1. The first kappa shape index (κ1) is 15.2. The molecule has 0 aliphatic rings. The van der Waals surface area contributed by atoms with Gasteiger partial charge in [0.2, 0.25) is 0 Å². The molecule has 1 aromatic carbocycles. The molecular formula is C16H23ClO. The summed E-state index contributed by atoms with van der Waals surface area (Å²) in [5.74, 6) is 0. The van der Waals surface area contributed by atoms with Crippen molar-refractivity contribution in [1.29, 1.82) is 0 Å². The molecule has 1 nitrogen and oxygen atoms in total. The fourth-order valence-electron chi connectivity index (χ4n) is 2.09. The van der Waals surface area contributed by atoms with Gasteiger partial charge in [0.25, 0.3) is 5.24 Å². The summed E-state index contributed by atoms with van der Waals surface area (Å²) < 4.78 is 0. The lowest BCUT2D eigenvalue weighted by molar-refractivity contribution is 0.108. The smallest absolute Gasteiger partial charge is 0.252 e. The van der Waals surface area contributed by atoms with Crippen molar-refractivity contribution in [2.24, 2.45) is 0 Å². The number of carbonyl (C=O) groups is 1. The van der Waals surface area contributed by atoms with Crippen LogP contribution in [0, 0.1) is 0 Å². The molecule has 0 unspecified atom stereocenters. The van der Waals surface area contributed by atoms with Gasteiger partial charge in [-0.25, -0.2) is 0 Å². The topological polar surface area (TPSA) is 17.1 Å². The second-order valence-corrected chi connectivity index (χ2v) is 5.19. The molecule has 0 aliphatic carbocycles. The van der Waals surface area contributed by atoms with Crippen LogP contribution in [0.1, 0.15) is 67.8 Å². The minimum Gasteiger partial charge on any atom is -0.276 e. The number of aryl methyl sites for hydroxylation is 1. The third-order valence-corrected chi connectivity index (χ3v) is 3.47. The van der Waals surface area contributed by atoms with E-state index in [9.17, 15) is 4.79 Å². The van der Waals surface area contributed by atoms with Crippen molar-refractivity contribution < 1.29 is 4.79 Å². The summed E-state index contributed by atoms with van der Waals surface area (Å²) in [7, 11) is 0. The fraction of sp³-hybridized carbons (Fsp3) is 0.562. The van der Waals surface area contributed by atoms with Gasteiger partial charge in [-0.15, -0.1) is 0 Å². The summed E-state index contributed by atoms with van der Waals surface area (Å²) in [6, 6.07) is 7.64. The summed E-state index contributed by atoms with van der Waals surface area (Å²) in [5, 5.41) is -0.377. The average Bonchev–Trinajstić information content (AvgIpc) is 2.38. The van der Waals surface area contributed by atoms with Crippen LogP contribution < -0.4 is 0 Å². The minimum atomic E-state index is -0.377. The van der Waals surface area contributed by atoms with E-state index in [1.54, 1.807) is 0 Å². The van der Waals surface area contributed by atoms with Crippen molar-refractivity contribution in [2.75, 3.05) is 0 Å². The molecular weight excluding hydrogens is 244 g/mol. The molecule has 0 saturated heterocycles. The van der Waals surface area contributed by atoms with Crippen molar-refractivity contribution in [3.63, 3.8) is 0 Å². The van der Waals surface area contributed by atoms with Gasteiger partial charge in [-0.05, 0) is 42.1 Å². The summed E-state index contributed by atoms with van der Waals surface area (Å²) in [5.41, 5.74) is 1.88. The molecule has 1 rings (SSSR count). The molecule has 100 valence electrons. The predicted octanol–water partition coefficient (Wildman–Crippen LogP) is 5.36. The standard InChI is InChI=1S/C16H23ClO/c1-2-3-4-5-6-7-8-9-14-10-12-15(13-11-14)16(17)18/h10-13H,2-9H2,1H3. The van der Waals surface area contributed by atoms with Crippen LogP contribution in [-0.4, -0.2) is 5.24 Å². The first-order chi connectivity index (χ1) is 8.74. The Bertz CT molecular complexity index is 343. The summed E-state index contributed by atoms with van der Waals surface area (Å²) >= 11 is 5.40. The van der Waals surface area contributed by atoms with E-state index in [0.717, 1.165) is 6.42 Å². The summed E-state index contributed by atoms with van der Waals surface area (Å²) in [6.45, 7) is 2.25. The molecule has 2 heteroatoms. The second kappa shape index (κ2) is 9.16. The Morgan fingerprint density at radius 2 is 1.50 bits per heavy atom. The van der Waals surface area contributed by atoms with Gasteiger partial charge in [-0.2, -0.15) is 0 Å². The fourth-order valence-corrected chi connectivity index (χ4v) is 2.21. The molecule has 0 aliphatic heterocycles. The molecule has 0 aromatic heterocycles. The number of halogens is 1. The highest BCUT2D eigenvalue weighted by molar-refractivity contribution is 6.67. The van der Waals surface area contributed by atoms with Gasteiger partial charge in [-0.3, -0.25) is 4.79 Å². The maximum absolute atomic E-state index is 10.9. The largest absolute Gasteiger partial charge is 0.276 e. The van der Waals surface area contributed by atoms with Crippen LogP contribution in [0.2, 0.25) is 0 Å². The van der Waals surface area contributed by atoms with E-state index in [4.69, 9.17) is 11.6 Å². The van der Waals surface area contributed by atoms with Gasteiger partial charge in [0, 0.05) is 5.56 Å². The molecule has 0 heterocycles. The van der Waals surface area contributed by atoms with Crippen molar-refractivity contribution in [2.45, 2.75) is 58.3 Å². The highest BCUT2D eigenvalue weighted by Crippen LogP contribution is 2.12. The van der Waals surface area contributed by atoms with Crippen molar-refractivity contribution >= 4 is 16.8 Å². The number of rotatable bonds is 9. The second-order valence-electron chi connectivity index (χ2n) is 4.84. The molecule has 0 amide bonds. The molecule has 1 aromatic rings. The van der Waals surface area contributed by atoms with Crippen LogP contribution in [0.5, 0.6) is 0 Å². The SMILES string of the molecule is CCCCCCCCCc1ccc(C(=O)Cl)cc1. The number of carbonyl (C=O) groups excluding carboxylic acids is 1. The van der Waals surface area contributed by atoms with Crippen LogP contribution in [0.3, 0.4) is 0 Å². The molecule has 0 atom stereocenters.